The van der Waals surface area contributed by atoms with Gasteiger partial charge in [-0.3, -0.25) is 9.69 Å². The van der Waals surface area contributed by atoms with E-state index >= 15 is 0 Å². The number of ether oxygens (including phenoxy) is 1. The molecular weight excluding hydrogens is 308 g/mol. The van der Waals surface area contributed by atoms with E-state index in [9.17, 15) is 9.59 Å². The van der Waals surface area contributed by atoms with Gasteiger partial charge in [-0.05, 0) is 38.6 Å². The van der Waals surface area contributed by atoms with Gasteiger partial charge in [0.25, 0.3) is 0 Å². The summed E-state index contributed by atoms with van der Waals surface area (Å²) in [6.45, 7) is 6.11. The van der Waals surface area contributed by atoms with Crippen LogP contribution < -0.4 is 10.4 Å². The highest BCUT2D eigenvalue weighted by Gasteiger charge is 2.14. The van der Waals surface area contributed by atoms with Crippen molar-refractivity contribution in [2.45, 2.75) is 20.4 Å². The number of fused-ring (bicyclic) bond motifs is 1. The number of benzene rings is 1. The van der Waals surface area contributed by atoms with E-state index in [4.69, 9.17) is 9.15 Å². The molecule has 0 N–H and O–H groups in total. The number of amides is 1. The lowest BCUT2D eigenvalue weighted by molar-refractivity contribution is -0.131. The topological polar surface area (TPSA) is 63.0 Å². The number of carbonyl (C=O) groups is 1. The van der Waals surface area contributed by atoms with Crippen LogP contribution in [-0.2, 0) is 11.3 Å². The highest BCUT2D eigenvalue weighted by atomic mass is 16.5. The largest absolute Gasteiger partial charge is 0.497 e. The molecule has 0 radical (unpaired) electrons. The van der Waals surface area contributed by atoms with E-state index in [1.54, 1.807) is 18.1 Å². The maximum atomic E-state index is 12.2. The first-order chi connectivity index (χ1) is 11.5. The van der Waals surface area contributed by atoms with E-state index in [-0.39, 0.29) is 5.91 Å². The first-order valence-electron chi connectivity index (χ1n) is 8.05. The van der Waals surface area contributed by atoms with Gasteiger partial charge in [-0.15, -0.1) is 0 Å². The predicted octanol–water partition coefficient (Wildman–Crippen LogP) is 2.10. The number of rotatable bonds is 7. The summed E-state index contributed by atoms with van der Waals surface area (Å²) in [5.41, 5.74) is 0.910. The van der Waals surface area contributed by atoms with E-state index in [2.05, 4.69) is 0 Å². The fourth-order valence-electron chi connectivity index (χ4n) is 2.72. The van der Waals surface area contributed by atoms with Crippen molar-refractivity contribution in [1.82, 2.24) is 9.80 Å². The number of carbonyl (C=O) groups excluding carboxylic acids is 1. The summed E-state index contributed by atoms with van der Waals surface area (Å²) >= 11 is 0. The molecule has 0 saturated heterocycles. The molecule has 1 aromatic heterocycles. The first-order valence-corrected chi connectivity index (χ1v) is 8.05. The maximum Gasteiger partial charge on any atom is 0.336 e. The minimum Gasteiger partial charge on any atom is -0.497 e. The van der Waals surface area contributed by atoms with Crippen LogP contribution in [-0.4, -0.2) is 49.5 Å². The van der Waals surface area contributed by atoms with Gasteiger partial charge in [-0.1, -0.05) is 0 Å². The Hall–Kier alpha value is -2.34. The Bertz CT molecular complexity index is 765. The molecule has 1 aromatic carbocycles. The zero-order valence-corrected chi connectivity index (χ0v) is 14.7. The van der Waals surface area contributed by atoms with Crippen LogP contribution in [0.4, 0.5) is 0 Å². The lowest BCUT2D eigenvalue weighted by Gasteiger charge is -2.23. The molecule has 130 valence electrons. The van der Waals surface area contributed by atoms with E-state index in [0.29, 0.717) is 37.5 Å². The smallest absolute Gasteiger partial charge is 0.336 e. The lowest BCUT2D eigenvalue weighted by atomic mass is 10.1. The zero-order chi connectivity index (χ0) is 17.7. The van der Waals surface area contributed by atoms with Crippen molar-refractivity contribution in [3.63, 3.8) is 0 Å². The summed E-state index contributed by atoms with van der Waals surface area (Å²) in [6, 6.07) is 6.87. The van der Waals surface area contributed by atoms with Crippen LogP contribution >= 0.6 is 0 Å². The number of methoxy groups -OCH3 is 1. The van der Waals surface area contributed by atoms with Gasteiger partial charge in [0, 0.05) is 37.2 Å². The van der Waals surface area contributed by atoms with Crippen LogP contribution in [0, 0.1) is 0 Å². The Morgan fingerprint density at radius 1 is 1.21 bits per heavy atom. The molecule has 0 aliphatic heterocycles. The zero-order valence-electron chi connectivity index (χ0n) is 14.7. The maximum absolute atomic E-state index is 12.2. The molecule has 0 aliphatic carbocycles. The molecule has 0 atom stereocenters. The molecule has 0 aliphatic rings. The molecule has 0 bridgehead atoms. The van der Waals surface area contributed by atoms with Gasteiger partial charge in [0.05, 0.1) is 13.7 Å². The Balaban J connectivity index is 2.23. The molecule has 0 spiro atoms. The fraction of sp³-hybridized carbons (Fsp3) is 0.444. The Morgan fingerprint density at radius 3 is 2.54 bits per heavy atom. The lowest BCUT2D eigenvalue weighted by Crippen LogP contribution is -2.38. The highest BCUT2D eigenvalue weighted by Crippen LogP contribution is 2.23. The molecule has 24 heavy (non-hydrogen) atoms. The summed E-state index contributed by atoms with van der Waals surface area (Å²) in [4.78, 5) is 27.7. The van der Waals surface area contributed by atoms with Crippen molar-refractivity contribution in [2.24, 2.45) is 0 Å². The summed E-state index contributed by atoms with van der Waals surface area (Å²) in [5, 5.41) is 0.845. The SMILES string of the molecule is CCN(CC)C(=O)CN(C)Cc1cc(=O)oc2cc(OC)ccc12. The predicted molar refractivity (Wildman–Crippen MR) is 93.3 cm³/mol. The first kappa shape index (κ1) is 18.0. The fourth-order valence-corrected chi connectivity index (χ4v) is 2.72. The second-order valence-electron chi connectivity index (χ2n) is 5.69. The van der Waals surface area contributed by atoms with Crippen molar-refractivity contribution in [1.29, 1.82) is 0 Å². The van der Waals surface area contributed by atoms with Crippen LogP contribution in [0.15, 0.2) is 33.5 Å². The molecule has 6 nitrogen and oxygen atoms in total. The second kappa shape index (κ2) is 7.97. The van der Waals surface area contributed by atoms with Crippen LogP contribution in [0.25, 0.3) is 11.0 Å². The van der Waals surface area contributed by atoms with Gasteiger partial charge < -0.3 is 14.1 Å². The molecule has 1 amide bonds. The third kappa shape index (κ3) is 4.14. The Morgan fingerprint density at radius 2 is 1.92 bits per heavy atom. The van der Waals surface area contributed by atoms with Gasteiger partial charge in [-0.25, -0.2) is 4.79 Å². The monoisotopic (exact) mass is 332 g/mol. The number of nitrogens with zero attached hydrogens (tertiary/aromatic N) is 2. The molecule has 0 saturated carbocycles. The van der Waals surface area contributed by atoms with Crippen molar-refractivity contribution >= 4 is 16.9 Å². The van der Waals surface area contributed by atoms with Gasteiger partial charge in [0.2, 0.25) is 5.91 Å². The minimum absolute atomic E-state index is 0.0800. The summed E-state index contributed by atoms with van der Waals surface area (Å²) in [5.74, 6) is 0.712. The normalized spacial score (nSPS) is 11.0. The van der Waals surface area contributed by atoms with E-state index in [1.165, 1.54) is 6.07 Å². The average molecular weight is 332 g/mol. The van der Waals surface area contributed by atoms with E-state index < -0.39 is 5.63 Å². The second-order valence-corrected chi connectivity index (χ2v) is 5.69. The molecule has 0 unspecified atom stereocenters. The van der Waals surface area contributed by atoms with Crippen LogP contribution in [0.2, 0.25) is 0 Å². The van der Waals surface area contributed by atoms with Crippen molar-refractivity contribution in [3.05, 3.63) is 40.2 Å². The third-order valence-electron chi connectivity index (χ3n) is 4.00. The molecule has 2 rings (SSSR count). The number of likely N-dealkylation sites (N-methyl/N-ethyl adjacent to an activating group) is 2. The molecule has 6 heteroatoms. The van der Waals surface area contributed by atoms with Gasteiger partial charge >= 0.3 is 5.63 Å². The van der Waals surface area contributed by atoms with Gasteiger partial charge in [-0.2, -0.15) is 0 Å². The molecule has 2 aromatic rings. The van der Waals surface area contributed by atoms with Crippen LogP contribution in [0.1, 0.15) is 19.4 Å². The van der Waals surface area contributed by atoms with E-state index in [1.807, 2.05) is 37.9 Å². The van der Waals surface area contributed by atoms with Gasteiger partial charge in [0.1, 0.15) is 11.3 Å². The summed E-state index contributed by atoms with van der Waals surface area (Å²) in [6.07, 6.45) is 0. The van der Waals surface area contributed by atoms with Crippen molar-refractivity contribution in [2.75, 3.05) is 33.8 Å². The molecule has 0 fully saturated rings. The summed E-state index contributed by atoms with van der Waals surface area (Å²) in [7, 11) is 3.43. The average Bonchev–Trinajstić information content (AvgIpc) is 2.54. The quantitative estimate of drug-likeness (QED) is 0.727. The summed E-state index contributed by atoms with van der Waals surface area (Å²) < 4.78 is 10.4. The Labute approximate surface area is 141 Å². The molecular formula is C18H24N2O4. The molecule has 1 heterocycles. The third-order valence-corrected chi connectivity index (χ3v) is 4.00. The standard InChI is InChI=1S/C18H24N2O4/c1-5-20(6-2)17(21)12-19(3)11-13-9-18(22)24-16-10-14(23-4)7-8-15(13)16/h7-10H,5-6,11-12H2,1-4H3. The highest BCUT2D eigenvalue weighted by molar-refractivity contribution is 5.82. The van der Waals surface area contributed by atoms with Crippen molar-refractivity contribution < 1.29 is 13.9 Å². The van der Waals surface area contributed by atoms with Crippen molar-refractivity contribution in [3.8, 4) is 5.75 Å². The van der Waals surface area contributed by atoms with Crippen LogP contribution in [0.5, 0.6) is 5.75 Å². The van der Waals surface area contributed by atoms with E-state index in [0.717, 1.165) is 10.9 Å². The van der Waals surface area contributed by atoms with Gasteiger partial charge in [0.15, 0.2) is 0 Å². The van der Waals surface area contributed by atoms with Crippen LogP contribution in [0.3, 0.4) is 0 Å². The number of hydrogen-bond donors (Lipinski definition) is 0. The Kier molecular flexibility index (Phi) is 5.98. The minimum atomic E-state index is -0.408. The number of hydrogen-bond acceptors (Lipinski definition) is 5.